The van der Waals surface area contributed by atoms with Crippen molar-refractivity contribution >= 4 is 49.6 Å². The number of carboxylic acids is 1. The number of nitrogens with zero attached hydrogens (tertiary/aromatic N) is 4. The molecule has 3 aromatic rings. The zero-order valence-electron chi connectivity index (χ0n) is 21.4. The van der Waals surface area contributed by atoms with Crippen molar-refractivity contribution in [1.29, 1.82) is 0 Å². The quantitative estimate of drug-likeness (QED) is 0.342. The van der Waals surface area contributed by atoms with Gasteiger partial charge in [0.15, 0.2) is 0 Å². The fraction of sp³-hybridized carbons (Fsp3) is 0.375. The second kappa shape index (κ2) is 18.7. The van der Waals surface area contributed by atoms with E-state index in [4.69, 9.17) is 0 Å². The van der Waals surface area contributed by atoms with E-state index in [2.05, 4.69) is 20.6 Å². The number of aromatic amines is 1. The van der Waals surface area contributed by atoms with Gasteiger partial charge in [0.1, 0.15) is 6.04 Å². The number of nitrogens with one attached hydrogen (secondary N) is 1. The molecule has 13 heteroatoms. The van der Waals surface area contributed by atoms with E-state index in [9.17, 15) is 14.7 Å². The van der Waals surface area contributed by atoms with Crippen molar-refractivity contribution in [2.75, 3.05) is 0 Å². The maximum Gasteiger partial charge on any atom is 0.326 e. The number of aromatic nitrogens is 4. The molecule has 0 unspecified atom stereocenters. The van der Waals surface area contributed by atoms with Gasteiger partial charge < -0.3 is 31.9 Å². The third-order valence-electron chi connectivity index (χ3n) is 5.42. The summed E-state index contributed by atoms with van der Waals surface area (Å²) in [5.74, 6) is -0.784. The zero-order chi connectivity index (χ0) is 23.1. The van der Waals surface area contributed by atoms with Crippen LogP contribution in [0.4, 0.5) is 0 Å². The smallest absolute Gasteiger partial charge is 0.326 e. The molecule has 12 nitrogen and oxygen atoms in total. The topological polar surface area (TPSA) is 238 Å². The van der Waals surface area contributed by atoms with Gasteiger partial charge >= 0.3 is 5.97 Å². The molecule has 0 saturated heterocycles. The molecular formula is C24H37CaN5O7. The number of rotatable bonds is 10. The van der Waals surface area contributed by atoms with Gasteiger partial charge in [-0.15, -0.1) is 10.2 Å². The summed E-state index contributed by atoms with van der Waals surface area (Å²) >= 11 is 0. The summed E-state index contributed by atoms with van der Waals surface area (Å²) in [6.07, 6.45) is 1.97. The van der Waals surface area contributed by atoms with Crippen LogP contribution in [0.15, 0.2) is 48.5 Å². The first-order valence-electron chi connectivity index (χ1n) is 10.9. The zero-order valence-corrected chi connectivity index (χ0v) is 23.6. The van der Waals surface area contributed by atoms with E-state index in [1.54, 1.807) is 0 Å². The molecule has 37 heavy (non-hydrogen) atoms. The van der Waals surface area contributed by atoms with Crippen LogP contribution < -0.4 is 0 Å². The van der Waals surface area contributed by atoms with Gasteiger partial charge in [0.05, 0.1) is 0 Å². The van der Waals surface area contributed by atoms with Crippen LogP contribution in [-0.2, 0) is 16.1 Å². The molecule has 202 valence electrons. The van der Waals surface area contributed by atoms with E-state index in [-0.39, 0.29) is 78.0 Å². The maximum absolute atomic E-state index is 12.9. The minimum atomic E-state index is -0.976. The predicted molar refractivity (Wildman–Crippen MR) is 142 cm³/mol. The molecule has 0 bridgehead atoms. The Morgan fingerprint density at radius 2 is 1.57 bits per heavy atom. The number of aliphatic carboxylic acids is 1. The molecule has 0 saturated carbocycles. The van der Waals surface area contributed by atoms with Gasteiger partial charge in [-0.1, -0.05) is 75.7 Å². The van der Waals surface area contributed by atoms with E-state index in [1.807, 2.05) is 69.3 Å². The molecule has 0 spiro atoms. The minimum absolute atomic E-state index is 0. The van der Waals surface area contributed by atoms with Gasteiger partial charge in [-0.3, -0.25) is 4.79 Å². The van der Waals surface area contributed by atoms with Crippen molar-refractivity contribution < 1.29 is 36.6 Å². The summed E-state index contributed by atoms with van der Waals surface area (Å²) in [6, 6.07) is 14.7. The summed E-state index contributed by atoms with van der Waals surface area (Å²) in [6.45, 7) is 5.93. The number of hydrogen-bond acceptors (Lipinski definition) is 5. The van der Waals surface area contributed by atoms with Gasteiger partial charge in [0.25, 0.3) is 0 Å². The van der Waals surface area contributed by atoms with Crippen LogP contribution in [-0.4, -0.2) is 108 Å². The third kappa shape index (κ3) is 10.1. The Hall–Kier alpha value is -2.45. The van der Waals surface area contributed by atoms with Crippen molar-refractivity contribution in [2.45, 2.75) is 52.6 Å². The minimum Gasteiger partial charge on any atom is -0.480 e. The Balaban J connectivity index is -0.00000231. The first kappa shape index (κ1) is 39.1. The van der Waals surface area contributed by atoms with E-state index in [0.29, 0.717) is 12.2 Å². The van der Waals surface area contributed by atoms with Crippen LogP contribution in [0.2, 0.25) is 0 Å². The molecule has 1 atom stereocenters. The van der Waals surface area contributed by atoms with Crippen LogP contribution in [0.3, 0.4) is 0 Å². The normalized spacial score (nSPS) is 10.4. The summed E-state index contributed by atoms with van der Waals surface area (Å²) < 4.78 is 0. The molecule has 1 heterocycles. The molecule has 0 aliphatic rings. The van der Waals surface area contributed by atoms with Crippen LogP contribution in [0.1, 0.15) is 45.6 Å². The number of unbranched alkanes of at least 4 members (excludes halogenated alkanes) is 1. The molecular weight excluding hydrogens is 510 g/mol. The Morgan fingerprint density at radius 1 is 0.973 bits per heavy atom. The molecule has 2 aromatic carbocycles. The Bertz CT molecular complexity index is 1050. The van der Waals surface area contributed by atoms with E-state index < -0.39 is 12.0 Å². The number of carboxylic acid groups (broad SMARTS) is 1. The SMILES string of the molecule is CCCCC(=O)N(Cc1ccc(-c2ccccc2-c2nn[nH]n2)cc1)[C@H](C(=O)O)C(C)C.O.O.O.O.[Ca]. The first-order valence-corrected chi connectivity index (χ1v) is 10.9. The molecule has 0 fully saturated rings. The van der Waals surface area contributed by atoms with E-state index >= 15 is 0 Å². The van der Waals surface area contributed by atoms with Crippen LogP contribution >= 0.6 is 0 Å². The van der Waals surface area contributed by atoms with Gasteiger partial charge in [-0.05, 0) is 34.2 Å². The number of hydrogen-bond donors (Lipinski definition) is 2. The van der Waals surface area contributed by atoms with Gasteiger partial charge in [-0.2, -0.15) is 5.21 Å². The van der Waals surface area contributed by atoms with Crippen molar-refractivity contribution in [3.63, 3.8) is 0 Å². The average molecular weight is 548 g/mol. The number of carbonyl (C=O) groups excluding carboxylic acids is 1. The summed E-state index contributed by atoms with van der Waals surface area (Å²) in [5.41, 5.74) is 3.66. The number of tetrazole rings is 1. The van der Waals surface area contributed by atoms with Gasteiger partial charge in [0.2, 0.25) is 11.7 Å². The standard InChI is InChI=1S/C24H29N5O3.Ca.4H2O/c1-4-5-10-21(30)29(22(16(2)3)24(31)32)15-17-11-13-18(14-12-17)19-8-6-7-9-20(19)23-25-27-28-26-23;;;;;/h6-9,11-14,16,22H,4-5,10,15H2,1-3H3,(H,31,32)(H,25,26,27,28);;4*1H2/t22-;;;;;/m0...../s1. The second-order valence-corrected chi connectivity index (χ2v) is 8.13. The fourth-order valence-corrected chi connectivity index (χ4v) is 3.78. The van der Waals surface area contributed by atoms with Crippen molar-refractivity contribution in [1.82, 2.24) is 25.5 Å². The number of carbonyl (C=O) groups is 2. The number of benzene rings is 2. The molecule has 2 radical (unpaired) electrons. The molecule has 1 amide bonds. The first-order chi connectivity index (χ1) is 15.4. The van der Waals surface area contributed by atoms with Gasteiger partial charge in [-0.25, -0.2) is 4.79 Å². The fourth-order valence-electron chi connectivity index (χ4n) is 3.78. The second-order valence-electron chi connectivity index (χ2n) is 8.13. The van der Waals surface area contributed by atoms with Crippen LogP contribution in [0.5, 0.6) is 0 Å². The van der Waals surface area contributed by atoms with Crippen LogP contribution in [0, 0.1) is 5.92 Å². The Kier molecular flexibility index (Phi) is 19.8. The summed E-state index contributed by atoms with van der Waals surface area (Å²) in [5, 5.41) is 24.0. The Morgan fingerprint density at radius 3 is 2.05 bits per heavy atom. The molecule has 3 rings (SSSR count). The average Bonchev–Trinajstić information content (AvgIpc) is 3.32. The Labute approximate surface area is 245 Å². The third-order valence-corrected chi connectivity index (χ3v) is 5.42. The molecule has 0 aliphatic heterocycles. The monoisotopic (exact) mass is 547 g/mol. The van der Waals surface area contributed by atoms with Crippen molar-refractivity contribution in [3.8, 4) is 22.5 Å². The van der Waals surface area contributed by atoms with Gasteiger partial charge in [0, 0.05) is 56.3 Å². The predicted octanol–water partition coefficient (Wildman–Crippen LogP) is 0.482. The molecule has 1 aromatic heterocycles. The molecule has 10 N–H and O–H groups in total. The largest absolute Gasteiger partial charge is 0.480 e. The van der Waals surface area contributed by atoms with E-state index in [0.717, 1.165) is 35.1 Å². The summed E-state index contributed by atoms with van der Waals surface area (Å²) in [4.78, 5) is 26.3. The maximum atomic E-state index is 12.9. The molecule has 0 aliphatic carbocycles. The van der Waals surface area contributed by atoms with Crippen LogP contribution in [0.25, 0.3) is 22.5 Å². The number of H-pyrrole nitrogens is 1. The van der Waals surface area contributed by atoms with Crippen molar-refractivity contribution in [2.24, 2.45) is 5.92 Å². The van der Waals surface area contributed by atoms with E-state index in [1.165, 1.54) is 4.90 Å². The number of amides is 1. The van der Waals surface area contributed by atoms with Crippen molar-refractivity contribution in [3.05, 3.63) is 54.1 Å². The summed E-state index contributed by atoms with van der Waals surface area (Å²) in [7, 11) is 0.